The second-order valence-corrected chi connectivity index (χ2v) is 4.37. The number of aromatic nitrogens is 1. The van der Waals surface area contributed by atoms with Gasteiger partial charge in [-0.1, -0.05) is 17.7 Å². The van der Waals surface area contributed by atoms with Crippen molar-refractivity contribution >= 4 is 17.5 Å². The van der Waals surface area contributed by atoms with E-state index >= 15 is 0 Å². The maximum Gasteiger partial charge on any atom is 0.258 e. The molecule has 0 saturated carbocycles. The highest BCUT2D eigenvalue weighted by Crippen LogP contribution is 2.24. The first-order chi connectivity index (χ1) is 9.65. The van der Waals surface area contributed by atoms with Crippen LogP contribution < -0.4 is 10.1 Å². The molecule has 2 rings (SSSR count). The summed E-state index contributed by atoms with van der Waals surface area (Å²) in [6.07, 6.45) is 1.65. The van der Waals surface area contributed by atoms with Gasteiger partial charge in [-0.3, -0.25) is 9.78 Å². The summed E-state index contributed by atoms with van der Waals surface area (Å²) in [7, 11) is 0. The molecule has 0 unspecified atom stereocenters. The number of nitrogens with one attached hydrogen (secondary N) is 1. The van der Waals surface area contributed by atoms with Crippen LogP contribution in [0.3, 0.4) is 0 Å². The van der Waals surface area contributed by atoms with Gasteiger partial charge in [0, 0.05) is 6.20 Å². The molecular weight excluding hydrogens is 283 g/mol. The van der Waals surface area contributed by atoms with Crippen molar-refractivity contribution in [3.05, 3.63) is 59.1 Å². The third kappa shape index (κ3) is 4.20. The lowest BCUT2D eigenvalue weighted by Crippen LogP contribution is -2.28. The van der Waals surface area contributed by atoms with Gasteiger partial charge in [0.1, 0.15) is 11.6 Å². The van der Waals surface area contributed by atoms with Crippen molar-refractivity contribution in [2.45, 2.75) is 6.54 Å². The van der Waals surface area contributed by atoms with Crippen molar-refractivity contribution in [1.82, 2.24) is 10.3 Å². The average Bonchev–Trinajstić information content (AvgIpc) is 2.45. The van der Waals surface area contributed by atoms with Crippen LogP contribution in [-0.4, -0.2) is 17.5 Å². The first kappa shape index (κ1) is 14.3. The Kier molecular flexibility index (Phi) is 4.90. The van der Waals surface area contributed by atoms with Gasteiger partial charge >= 0.3 is 0 Å². The molecule has 1 heterocycles. The van der Waals surface area contributed by atoms with Crippen molar-refractivity contribution in [3.8, 4) is 5.75 Å². The monoisotopic (exact) mass is 294 g/mol. The molecule has 0 aliphatic rings. The Labute approximate surface area is 120 Å². The molecule has 4 nitrogen and oxygen atoms in total. The SMILES string of the molecule is O=C(COc1ccc(F)cc1Cl)NCc1ccccn1. The largest absolute Gasteiger partial charge is 0.482 e. The Morgan fingerprint density at radius 3 is 2.90 bits per heavy atom. The second-order valence-electron chi connectivity index (χ2n) is 3.96. The number of carbonyl (C=O) groups is 1. The molecule has 0 saturated heterocycles. The van der Waals surface area contributed by atoms with Crippen LogP contribution in [0.5, 0.6) is 5.75 Å². The molecule has 0 aliphatic carbocycles. The summed E-state index contributed by atoms with van der Waals surface area (Å²) >= 11 is 5.78. The van der Waals surface area contributed by atoms with E-state index in [1.165, 1.54) is 12.1 Å². The molecule has 0 atom stereocenters. The van der Waals surface area contributed by atoms with E-state index < -0.39 is 5.82 Å². The van der Waals surface area contributed by atoms with E-state index in [9.17, 15) is 9.18 Å². The predicted octanol–water partition coefficient (Wildman–Crippen LogP) is 2.57. The highest BCUT2D eigenvalue weighted by atomic mass is 35.5. The predicted molar refractivity (Wildman–Crippen MR) is 73.0 cm³/mol. The molecule has 1 amide bonds. The highest BCUT2D eigenvalue weighted by Gasteiger charge is 2.07. The molecular formula is C14H12ClFN2O2. The van der Waals surface area contributed by atoms with Gasteiger partial charge in [0.05, 0.1) is 17.3 Å². The number of benzene rings is 1. The molecule has 2 aromatic rings. The van der Waals surface area contributed by atoms with Gasteiger partial charge in [-0.15, -0.1) is 0 Å². The molecule has 1 aromatic heterocycles. The number of ether oxygens (including phenoxy) is 1. The third-order valence-corrected chi connectivity index (χ3v) is 2.74. The Morgan fingerprint density at radius 2 is 2.20 bits per heavy atom. The van der Waals surface area contributed by atoms with Gasteiger partial charge in [0.25, 0.3) is 5.91 Å². The van der Waals surface area contributed by atoms with Crippen LogP contribution in [0, 0.1) is 5.82 Å². The molecule has 1 N–H and O–H groups in total. The smallest absolute Gasteiger partial charge is 0.258 e. The minimum atomic E-state index is -0.457. The van der Waals surface area contributed by atoms with E-state index in [2.05, 4.69) is 10.3 Å². The van der Waals surface area contributed by atoms with Gasteiger partial charge < -0.3 is 10.1 Å². The van der Waals surface area contributed by atoms with Crippen molar-refractivity contribution < 1.29 is 13.9 Å². The number of amides is 1. The van der Waals surface area contributed by atoms with Crippen LogP contribution in [0.1, 0.15) is 5.69 Å². The molecule has 6 heteroatoms. The lowest BCUT2D eigenvalue weighted by molar-refractivity contribution is -0.123. The van der Waals surface area contributed by atoms with Gasteiger partial charge in [0.15, 0.2) is 6.61 Å². The molecule has 0 bridgehead atoms. The first-order valence-corrected chi connectivity index (χ1v) is 6.27. The molecule has 0 spiro atoms. The molecule has 0 radical (unpaired) electrons. The average molecular weight is 295 g/mol. The summed E-state index contributed by atoms with van der Waals surface area (Å²) < 4.78 is 18.0. The lowest BCUT2D eigenvalue weighted by atomic mass is 10.3. The first-order valence-electron chi connectivity index (χ1n) is 5.89. The fourth-order valence-corrected chi connectivity index (χ4v) is 1.70. The summed E-state index contributed by atoms with van der Waals surface area (Å²) in [5.41, 5.74) is 0.751. The van der Waals surface area contributed by atoms with Crippen molar-refractivity contribution in [2.24, 2.45) is 0 Å². The minimum Gasteiger partial charge on any atom is -0.482 e. The van der Waals surface area contributed by atoms with Crippen LogP contribution in [-0.2, 0) is 11.3 Å². The molecule has 104 valence electrons. The second kappa shape index (κ2) is 6.86. The zero-order valence-electron chi connectivity index (χ0n) is 10.5. The van der Waals surface area contributed by atoms with Crippen molar-refractivity contribution in [1.29, 1.82) is 0 Å². The Hall–Kier alpha value is -2.14. The summed E-state index contributed by atoms with van der Waals surface area (Å²) in [5, 5.41) is 2.78. The Bertz CT molecular complexity index is 593. The van der Waals surface area contributed by atoms with Crippen LogP contribution in [0.25, 0.3) is 0 Å². The molecule has 1 aromatic carbocycles. The van der Waals surface area contributed by atoms with Gasteiger partial charge in [0.2, 0.25) is 0 Å². The van der Waals surface area contributed by atoms with Gasteiger partial charge in [-0.2, -0.15) is 0 Å². The zero-order chi connectivity index (χ0) is 14.4. The number of halogens is 2. The Morgan fingerprint density at radius 1 is 1.35 bits per heavy atom. The molecule has 0 aliphatic heterocycles. The Balaban J connectivity index is 1.80. The van der Waals surface area contributed by atoms with E-state index in [1.54, 1.807) is 18.3 Å². The van der Waals surface area contributed by atoms with Crippen molar-refractivity contribution in [2.75, 3.05) is 6.61 Å². The van der Waals surface area contributed by atoms with Crippen LogP contribution in [0.15, 0.2) is 42.6 Å². The van der Waals surface area contributed by atoms with E-state index in [4.69, 9.17) is 16.3 Å². The van der Waals surface area contributed by atoms with Crippen LogP contribution in [0.2, 0.25) is 5.02 Å². The quantitative estimate of drug-likeness (QED) is 0.922. The summed E-state index contributed by atoms with van der Waals surface area (Å²) in [5.74, 6) is -0.501. The minimum absolute atomic E-state index is 0.127. The molecule has 0 fully saturated rings. The fourth-order valence-electron chi connectivity index (χ4n) is 1.48. The van der Waals surface area contributed by atoms with E-state index in [0.29, 0.717) is 6.54 Å². The number of hydrogen-bond donors (Lipinski definition) is 1. The highest BCUT2D eigenvalue weighted by molar-refractivity contribution is 6.32. The maximum atomic E-state index is 12.8. The number of rotatable bonds is 5. The lowest BCUT2D eigenvalue weighted by Gasteiger charge is -2.08. The zero-order valence-corrected chi connectivity index (χ0v) is 11.2. The van der Waals surface area contributed by atoms with Gasteiger partial charge in [-0.05, 0) is 30.3 Å². The number of nitrogens with zero attached hydrogens (tertiary/aromatic N) is 1. The van der Waals surface area contributed by atoms with Gasteiger partial charge in [-0.25, -0.2) is 4.39 Å². The van der Waals surface area contributed by atoms with E-state index in [1.807, 2.05) is 6.07 Å². The molecule has 20 heavy (non-hydrogen) atoms. The summed E-state index contributed by atoms with van der Waals surface area (Å²) in [6, 6.07) is 9.16. The van der Waals surface area contributed by atoms with Crippen molar-refractivity contribution in [3.63, 3.8) is 0 Å². The topological polar surface area (TPSA) is 51.2 Å². The maximum absolute atomic E-state index is 12.8. The standard InChI is InChI=1S/C14H12ClFN2O2/c15-12-7-10(16)4-5-13(12)20-9-14(19)18-8-11-3-1-2-6-17-11/h1-7H,8-9H2,(H,18,19). The number of hydrogen-bond acceptors (Lipinski definition) is 3. The third-order valence-electron chi connectivity index (χ3n) is 2.45. The normalized spacial score (nSPS) is 10.1. The number of carbonyl (C=O) groups excluding carboxylic acids is 1. The van der Waals surface area contributed by atoms with E-state index in [-0.39, 0.29) is 23.3 Å². The summed E-state index contributed by atoms with van der Waals surface area (Å²) in [4.78, 5) is 15.7. The summed E-state index contributed by atoms with van der Waals surface area (Å²) in [6.45, 7) is 0.123. The van der Waals surface area contributed by atoms with E-state index in [0.717, 1.165) is 11.8 Å². The van der Waals surface area contributed by atoms with Crippen LogP contribution in [0.4, 0.5) is 4.39 Å². The van der Waals surface area contributed by atoms with Crippen LogP contribution >= 0.6 is 11.6 Å². The number of pyridine rings is 1. The fraction of sp³-hybridized carbons (Fsp3) is 0.143.